The smallest absolute Gasteiger partial charge is 0.293 e. The van der Waals surface area contributed by atoms with Crippen LogP contribution >= 0.6 is 22.6 Å². The van der Waals surface area contributed by atoms with Gasteiger partial charge in [0.1, 0.15) is 11.5 Å². The third-order valence-corrected chi connectivity index (χ3v) is 2.96. The van der Waals surface area contributed by atoms with E-state index in [2.05, 4.69) is 5.32 Å². The van der Waals surface area contributed by atoms with Crippen LogP contribution in [0.25, 0.3) is 0 Å². The number of rotatable bonds is 6. The molecule has 0 aliphatic heterocycles. The number of anilines is 1. The molecule has 2 N–H and O–H groups in total. The molecule has 0 amide bonds. The first-order chi connectivity index (χ1) is 8.06. The molecule has 0 radical (unpaired) electrons. The second-order valence-electron chi connectivity index (χ2n) is 3.40. The van der Waals surface area contributed by atoms with Crippen LogP contribution in [0.3, 0.4) is 0 Å². The topological polar surface area (TPSA) is 75.4 Å². The maximum Gasteiger partial charge on any atom is 0.293 e. The van der Waals surface area contributed by atoms with Gasteiger partial charge in [-0.15, -0.1) is 0 Å². The summed E-state index contributed by atoms with van der Waals surface area (Å²) in [6.45, 7) is 0.534. The van der Waals surface area contributed by atoms with Gasteiger partial charge in [0.15, 0.2) is 0 Å². The number of hydrogen-bond acceptors (Lipinski definition) is 4. The minimum atomic E-state index is -0.546. The third-order valence-electron chi connectivity index (χ3n) is 2.14. The van der Waals surface area contributed by atoms with Gasteiger partial charge in [0.2, 0.25) is 0 Å². The Morgan fingerprint density at radius 2 is 2.18 bits per heavy atom. The normalized spacial score (nSPS) is 10.3. The fraction of sp³-hybridized carbons (Fsp3) is 0.400. The number of unbranched alkanes of at least 4 members (excludes halogenated alkanes) is 1. The average molecular weight is 354 g/mol. The Balaban J connectivity index is 2.81. The van der Waals surface area contributed by atoms with E-state index in [4.69, 9.17) is 5.11 Å². The summed E-state index contributed by atoms with van der Waals surface area (Å²) in [5.74, 6) is -0.485. The van der Waals surface area contributed by atoms with Gasteiger partial charge in [0.25, 0.3) is 5.69 Å². The van der Waals surface area contributed by atoms with Crippen LogP contribution in [-0.2, 0) is 0 Å². The molecule has 0 saturated heterocycles. The zero-order chi connectivity index (χ0) is 12.8. The van der Waals surface area contributed by atoms with Crippen LogP contribution in [0.2, 0.25) is 0 Å². The van der Waals surface area contributed by atoms with E-state index >= 15 is 0 Å². The van der Waals surface area contributed by atoms with Gasteiger partial charge in [-0.05, 0) is 35.4 Å². The lowest BCUT2D eigenvalue weighted by molar-refractivity contribution is -0.384. The van der Waals surface area contributed by atoms with Crippen LogP contribution < -0.4 is 5.32 Å². The van der Waals surface area contributed by atoms with Crippen molar-refractivity contribution in [3.63, 3.8) is 0 Å². The summed E-state index contributed by atoms with van der Waals surface area (Å²) in [4.78, 5) is 10.2. The van der Waals surface area contributed by atoms with E-state index in [1.54, 1.807) is 22.6 Å². The lowest BCUT2D eigenvalue weighted by Gasteiger charge is -2.07. The highest BCUT2D eigenvalue weighted by Gasteiger charge is 2.16. The molecule has 17 heavy (non-hydrogen) atoms. The van der Waals surface area contributed by atoms with E-state index in [0.29, 0.717) is 19.4 Å². The molecule has 1 rings (SSSR count). The number of halogens is 2. The maximum atomic E-state index is 13.3. The Kier molecular flexibility index (Phi) is 5.56. The Labute approximate surface area is 111 Å². The monoisotopic (exact) mass is 354 g/mol. The second kappa shape index (κ2) is 6.70. The third kappa shape index (κ3) is 4.08. The number of nitrogens with one attached hydrogen (secondary N) is 1. The molecule has 0 unspecified atom stereocenters. The zero-order valence-electron chi connectivity index (χ0n) is 8.95. The maximum absolute atomic E-state index is 13.3. The van der Waals surface area contributed by atoms with Crippen LogP contribution in [0.15, 0.2) is 12.1 Å². The van der Waals surface area contributed by atoms with Crippen molar-refractivity contribution in [2.24, 2.45) is 0 Å². The summed E-state index contributed by atoms with van der Waals surface area (Å²) < 4.78 is 13.5. The van der Waals surface area contributed by atoms with Gasteiger partial charge in [-0.25, -0.2) is 4.39 Å². The first kappa shape index (κ1) is 14.1. The second-order valence-corrected chi connectivity index (χ2v) is 4.56. The minimum absolute atomic E-state index is 0.0742. The van der Waals surface area contributed by atoms with E-state index in [9.17, 15) is 14.5 Å². The SMILES string of the molecule is O=[N+]([O-])c1cc(I)c(F)cc1NCCCCO. The molecule has 1 aromatic carbocycles. The van der Waals surface area contributed by atoms with Crippen molar-refractivity contribution in [1.82, 2.24) is 0 Å². The van der Waals surface area contributed by atoms with Crippen molar-refractivity contribution in [3.05, 3.63) is 31.6 Å². The van der Waals surface area contributed by atoms with E-state index < -0.39 is 10.7 Å². The van der Waals surface area contributed by atoms with Gasteiger partial charge in [-0.1, -0.05) is 0 Å². The number of aliphatic hydroxyl groups is 1. The van der Waals surface area contributed by atoms with Gasteiger partial charge in [-0.2, -0.15) is 0 Å². The molecule has 0 spiro atoms. The number of benzene rings is 1. The van der Waals surface area contributed by atoms with Gasteiger partial charge in [0.05, 0.1) is 8.49 Å². The van der Waals surface area contributed by atoms with E-state index in [1.807, 2.05) is 0 Å². The molecular formula is C10H12FIN2O3. The van der Waals surface area contributed by atoms with Crippen molar-refractivity contribution in [1.29, 1.82) is 0 Å². The molecule has 0 fully saturated rings. The Bertz CT molecular complexity index is 415. The molecule has 0 aromatic heterocycles. The number of nitrogens with zero attached hydrogens (tertiary/aromatic N) is 1. The highest BCUT2D eigenvalue weighted by molar-refractivity contribution is 14.1. The molecule has 7 heteroatoms. The van der Waals surface area contributed by atoms with Gasteiger partial charge in [0, 0.05) is 25.3 Å². The molecule has 0 atom stereocenters. The minimum Gasteiger partial charge on any atom is -0.396 e. The largest absolute Gasteiger partial charge is 0.396 e. The van der Waals surface area contributed by atoms with Crippen LogP contribution in [0.5, 0.6) is 0 Å². The first-order valence-corrected chi connectivity index (χ1v) is 6.12. The highest BCUT2D eigenvalue weighted by Crippen LogP contribution is 2.28. The first-order valence-electron chi connectivity index (χ1n) is 5.04. The van der Waals surface area contributed by atoms with Crippen LogP contribution in [0.4, 0.5) is 15.8 Å². The molecule has 0 aliphatic carbocycles. The Hall–Kier alpha value is -0.960. The van der Waals surface area contributed by atoms with Crippen molar-refractivity contribution in [3.8, 4) is 0 Å². The fourth-order valence-corrected chi connectivity index (χ4v) is 1.74. The van der Waals surface area contributed by atoms with E-state index in [-0.39, 0.29) is 21.6 Å². The molecule has 1 aromatic rings. The Morgan fingerprint density at radius 1 is 1.47 bits per heavy atom. The molecule has 0 heterocycles. The van der Waals surface area contributed by atoms with Crippen molar-refractivity contribution >= 4 is 34.0 Å². The number of hydrogen-bond donors (Lipinski definition) is 2. The summed E-state index contributed by atoms with van der Waals surface area (Å²) in [6.07, 6.45) is 1.27. The summed E-state index contributed by atoms with van der Waals surface area (Å²) in [5.41, 5.74) is 0.0330. The van der Waals surface area contributed by atoms with E-state index in [0.717, 1.165) is 6.07 Å². The molecule has 94 valence electrons. The standard InChI is InChI=1S/C10H12FIN2O3/c11-7-5-9(13-3-1-2-4-15)10(14(16)17)6-8(7)12/h5-6,13,15H,1-4H2. The van der Waals surface area contributed by atoms with E-state index in [1.165, 1.54) is 6.07 Å². The predicted octanol–water partition coefficient (Wildman–Crippen LogP) is 2.52. The number of nitro benzene ring substituents is 1. The molecule has 5 nitrogen and oxygen atoms in total. The molecule has 0 aliphatic rings. The lowest BCUT2D eigenvalue weighted by Crippen LogP contribution is -2.06. The van der Waals surface area contributed by atoms with Crippen LogP contribution in [0, 0.1) is 19.5 Å². The molecule has 0 bridgehead atoms. The number of aliphatic hydroxyl groups excluding tert-OH is 1. The Morgan fingerprint density at radius 3 is 2.76 bits per heavy atom. The summed E-state index contributed by atoms with van der Waals surface area (Å²) in [7, 11) is 0. The zero-order valence-corrected chi connectivity index (χ0v) is 11.1. The van der Waals surface area contributed by atoms with Gasteiger partial charge < -0.3 is 10.4 Å². The summed E-state index contributed by atoms with van der Waals surface area (Å²) in [5, 5.41) is 22.2. The molecular weight excluding hydrogens is 342 g/mol. The van der Waals surface area contributed by atoms with Crippen molar-refractivity contribution in [2.45, 2.75) is 12.8 Å². The van der Waals surface area contributed by atoms with Gasteiger partial charge >= 0.3 is 0 Å². The van der Waals surface area contributed by atoms with Crippen molar-refractivity contribution < 1.29 is 14.4 Å². The van der Waals surface area contributed by atoms with Crippen LogP contribution in [0.1, 0.15) is 12.8 Å². The summed E-state index contributed by atoms with van der Waals surface area (Å²) >= 11 is 1.71. The van der Waals surface area contributed by atoms with Crippen LogP contribution in [-0.4, -0.2) is 23.2 Å². The quantitative estimate of drug-likeness (QED) is 0.356. The summed E-state index contributed by atoms with van der Waals surface area (Å²) in [6, 6.07) is 2.32. The van der Waals surface area contributed by atoms with Crippen molar-refractivity contribution in [2.75, 3.05) is 18.5 Å². The number of nitro groups is 1. The molecule has 0 saturated carbocycles. The lowest BCUT2D eigenvalue weighted by atomic mass is 10.2. The fourth-order valence-electron chi connectivity index (χ4n) is 1.29. The highest BCUT2D eigenvalue weighted by atomic mass is 127. The average Bonchev–Trinajstić information content (AvgIpc) is 2.28. The predicted molar refractivity (Wildman–Crippen MR) is 70.6 cm³/mol. The van der Waals surface area contributed by atoms with Gasteiger partial charge in [-0.3, -0.25) is 10.1 Å².